The van der Waals surface area contributed by atoms with Gasteiger partial charge in [0, 0.05) is 12.0 Å². The molecule has 2 amide bonds. The Balaban J connectivity index is 2.31. The summed E-state index contributed by atoms with van der Waals surface area (Å²) >= 11 is 5.26. The van der Waals surface area contributed by atoms with E-state index >= 15 is 0 Å². The molecular weight excluding hydrogens is 270 g/mol. The number of hydrogen-bond acceptors (Lipinski definition) is 3. The molecule has 19 heavy (non-hydrogen) atoms. The summed E-state index contributed by atoms with van der Waals surface area (Å²) in [5.41, 5.74) is 1.33. The number of carboxylic acid groups (broad SMARTS) is 1. The van der Waals surface area contributed by atoms with Crippen molar-refractivity contribution in [3.8, 4) is 5.75 Å². The van der Waals surface area contributed by atoms with Gasteiger partial charge < -0.3 is 9.84 Å². The molecule has 1 aromatic carbocycles. The predicted octanol–water partition coefficient (Wildman–Crippen LogP) is 3.24. The number of amides is 2. The average Bonchev–Trinajstić information content (AvgIpc) is 2.59. The summed E-state index contributed by atoms with van der Waals surface area (Å²) in [7, 11) is 0. The summed E-state index contributed by atoms with van der Waals surface area (Å²) < 4.78 is 5.81. The van der Waals surface area contributed by atoms with Crippen LogP contribution < -0.4 is 4.74 Å². The molecule has 5 nitrogen and oxygen atoms in total. The number of halogens is 1. The Labute approximate surface area is 115 Å². The Morgan fingerprint density at radius 2 is 2.16 bits per heavy atom. The summed E-state index contributed by atoms with van der Waals surface area (Å²) in [6.45, 7) is 3.80. The van der Waals surface area contributed by atoms with Crippen molar-refractivity contribution in [2.75, 3.05) is 0 Å². The highest BCUT2D eigenvalue weighted by Gasteiger charge is 2.32. The van der Waals surface area contributed by atoms with Crippen molar-refractivity contribution in [3.05, 3.63) is 29.3 Å². The number of hydrogen-bond donors (Lipinski definition) is 1. The van der Waals surface area contributed by atoms with Gasteiger partial charge in [0.2, 0.25) is 0 Å². The number of imide groups is 1. The molecule has 0 spiro atoms. The zero-order chi connectivity index (χ0) is 14.2. The van der Waals surface area contributed by atoms with Crippen LogP contribution in [0.25, 0.3) is 0 Å². The van der Waals surface area contributed by atoms with E-state index in [4.69, 9.17) is 21.4 Å². The van der Waals surface area contributed by atoms with Crippen LogP contribution in [0.5, 0.6) is 5.75 Å². The maximum atomic E-state index is 11.1. The minimum atomic E-state index is -1.38. The van der Waals surface area contributed by atoms with Crippen LogP contribution in [0, 0.1) is 0 Å². The lowest BCUT2D eigenvalue weighted by atomic mass is 10.0. The third-order valence-electron chi connectivity index (χ3n) is 2.94. The fraction of sp³-hybridized carbons (Fsp3) is 0.385. The topological polar surface area (TPSA) is 66.8 Å². The molecule has 1 heterocycles. The maximum absolute atomic E-state index is 11.1. The highest BCUT2D eigenvalue weighted by Crippen LogP contribution is 2.38. The van der Waals surface area contributed by atoms with E-state index in [1.165, 1.54) is 0 Å². The van der Waals surface area contributed by atoms with E-state index < -0.39 is 11.5 Å². The van der Waals surface area contributed by atoms with E-state index in [9.17, 15) is 9.59 Å². The smallest absolute Gasteiger partial charge is 0.415 e. The molecule has 0 fully saturated rings. The maximum Gasteiger partial charge on any atom is 0.415 e. The van der Waals surface area contributed by atoms with E-state index in [0.717, 1.165) is 12.0 Å². The fourth-order valence-electron chi connectivity index (χ4n) is 2.18. The van der Waals surface area contributed by atoms with Gasteiger partial charge in [-0.1, -0.05) is 18.2 Å². The number of carbonyl (C=O) groups excluding carboxylic acids is 1. The monoisotopic (exact) mass is 283 g/mol. The van der Waals surface area contributed by atoms with Gasteiger partial charge in [-0.15, -0.1) is 0 Å². The summed E-state index contributed by atoms with van der Waals surface area (Å²) in [6, 6.07) is 5.48. The Kier molecular flexibility index (Phi) is 3.41. The van der Waals surface area contributed by atoms with Gasteiger partial charge in [0.05, 0.1) is 6.54 Å². The lowest BCUT2D eigenvalue weighted by Gasteiger charge is -2.19. The molecule has 0 saturated heterocycles. The summed E-state index contributed by atoms with van der Waals surface area (Å²) in [5.74, 6) is 0.650. The van der Waals surface area contributed by atoms with E-state index in [2.05, 4.69) is 0 Å². The van der Waals surface area contributed by atoms with Crippen LogP contribution in [0.2, 0.25) is 0 Å². The van der Waals surface area contributed by atoms with E-state index in [-0.39, 0.29) is 12.1 Å². The minimum Gasteiger partial charge on any atom is -0.487 e. The molecule has 0 radical (unpaired) electrons. The highest BCUT2D eigenvalue weighted by atomic mass is 35.5. The third-order valence-corrected chi connectivity index (χ3v) is 3.15. The Bertz CT molecular complexity index is 527. The quantitative estimate of drug-likeness (QED) is 0.668. The molecule has 0 aliphatic carbocycles. The molecule has 102 valence electrons. The second-order valence-electron chi connectivity index (χ2n) is 5.07. The van der Waals surface area contributed by atoms with Gasteiger partial charge in [0.25, 0.3) is 0 Å². The number of nitrogens with zero attached hydrogens (tertiary/aromatic N) is 1. The van der Waals surface area contributed by atoms with Crippen molar-refractivity contribution >= 4 is 23.1 Å². The summed E-state index contributed by atoms with van der Waals surface area (Å²) in [5, 5.41) is 7.91. The third kappa shape index (κ3) is 2.81. The zero-order valence-corrected chi connectivity index (χ0v) is 11.4. The number of para-hydroxylation sites is 1. The molecule has 2 rings (SSSR count). The first-order chi connectivity index (χ1) is 8.80. The number of fused-ring (bicyclic) bond motifs is 1. The SMILES string of the molecule is CC1(C)Cc2cccc(CN(C(=O)O)C(=O)Cl)c2O1. The van der Waals surface area contributed by atoms with Gasteiger partial charge >= 0.3 is 11.5 Å². The molecule has 1 N–H and O–H groups in total. The Hall–Kier alpha value is -1.75. The molecule has 0 bridgehead atoms. The minimum absolute atomic E-state index is 0.114. The van der Waals surface area contributed by atoms with Crippen molar-refractivity contribution in [2.24, 2.45) is 0 Å². The number of ether oxygens (including phenoxy) is 1. The van der Waals surface area contributed by atoms with Crippen LogP contribution >= 0.6 is 11.6 Å². The Morgan fingerprint density at radius 1 is 1.47 bits per heavy atom. The van der Waals surface area contributed by atoms with Crippen LogP contribution in [0.15, 0.2) is 18.2 Å². The Morgan fingerprint density at radius 3 is 2.74 bits per heavy atom. The van der Waals surface area contributed by atoms with Crippen molar-refractivity contribution in [1.29, 1.82) is 0 Å². The first-order valence-corrected chi connectivity index (χ1v) is 6.18. The van der Waals surface area contributed by atoms with Crippen LogP contribution in [-0.2, 0) is 13.0 Å². The molecule has 0 saturated carbocycles. The van der Waals surface area contributed by atoms with Crippen molar-refractivity contribution in [2.45, 2.75) is 32.4 Å². The number of carbonyl (C=O) groups is 2. The van der Waals surface area contributed by atoms with E-state index in [0.29, 0.717) is 16.2 Å². The van der Waals surface area contributed by atoms with Gasteiger partial charge in [-0.3, -0.25) is 4.79 Å². The lowest BCUT2D eigenvalue weighted by molar-refractivity contribution is 0.134. The molecular formula is C13H14ClNO4. The first-order valence-electron chi connectivity index (χ1n) is 5.80. The largest absolute Gasteiger partial charge is 0.487 e. The van der Waals surface area contributed by atoms with Crippen LogP contribution in [0.1, 0.15) is 25.0 Å². The van der Waals surface area contributed by atoms with Gasteiger partial charge in [0.15, 0.2) is 0 Å². The van der Waals surface area contributed by atoms with E-state index in [1.54, 1.807) is 6.07 Å². The second-order valence-corrected chi connectivity index (χ2v) is 5.39. The molecule has 0 aromatic heterocycles. The number of rotatable bonds is 2. The zero-order valence-electron chi connectivity index (χ0n) is 10.6. The molecule has 1 aliphatic heterocycles. The molecule has 0 atom stereocenters. The van der Waals surface area contributed by atoms with Gasteiger partial charge in [-0.25, -0.2) is 9.69 Å². The van der Waals surface area contributed by atoms with Gasteiger partial charge in [0.1, 0.15) is 11.4 Å². The predicted molar refractivity (Wildman–Crippen MR) is 69.7 cm³/mol. The number of benzene rings is 1. The van der Waals surface area contributed by atoms with E-state index in [1.807, 2.05) is 26.0 Å². The van der Waals surface area contributed by atoms with Crippen LogP contribution in [-0.4, -0.2) is 27.1 Å². The summed E-state index contributed by atoms with van der Waals surface area (Å²) in [6.07, 6.45) is -0.632. The lowest BCUT2D eigenvalue weighted by Crippen LogP contribution is -2.31. The van der Waals surface area contributed by atoms with Crippen LogP contribution in [0.4, 0.5) is 9.59 Å². The van der Waals surface area contributed by atoms with Gasteiger partial charge in [-0.05, 0) is 31.0 Å². The summed E-state index contributed by atoms with van der Waals surface area (Å²) in [4.78, 5) is 22.6. The van der Waals surface area contributed by atoms with Crippen molar-refractivity contribution in [3.63, 3.8) is 0 Å². The highest BCUT2D eigenvalue weighted by molar-refractivity contribution is 6.63. The normalized spacial score (nSPS) is 15.5. The van der Waals surface area contributed by atoms with Gasteiger partial charge in [-0.2, -0.15) is 0 Å². The molecule has 6 heteroatoms. The second kappa shape index (κ2) is 4.74. The standard InChI is InChI=1S/C13H14ClNO4/c1-13(2)6-8-4-3-5-9(10(8)19-13)7-15(11(14)16)12(17)18/h3-5H,6-7H2,1-2H3,(H,17,18). The fourth-order valence-corrected chi connectivity index (χ4v) is 2.31. The average molecular weight is 284 g/mol. The first kappa shape index (κ1) is 13.7. The molecule has 1 aromatic rings. The van der Waals surface area contributed by atoms with Crippen LogP contribution in [0.3, 0.4) is 0 Å². The molecule has 0 unspecified atom stereocenters. The van der Waals surface area contributed by atoms with Crippen molar-refractivity contribution < 1.29 is 19.4 Å². The molecule has 1 aliphatic rings. The van der Waals surface area contributed by atoms with Crippen molar-refractivity contribution in [1.82, 2.24) is 4.90 Å².